The van der Waals surface area contributed by atoms with Crippen molar-refractivity contribution < 1.29 is 14.4 Å². The van der Waals surface area contributed by atoms with Crippen LogP contribution in [0.1, 0.15) is 19.0 Å². The molecule has 0 spiro atoms. The van der Waals surface area contributed by atoms with Crippen molar-refractivity contribution in [2.24, 2.45) is 5.92 Å². The van der Waals surface area contributed by atoms with Crippen LogP contribution in [0.15, 0.2) is 42.5 Å². The maximum Gasteiger partial charge on any atom is 0.230 e. The largest absolute Gasteiger partial charge is 0.326 e. The standard InChI is InChI=1S/C19H20N4O3/c1-12-4-3-5-17(20-12)22-19(26)14-10-18(25)23(11-14)16-8-6-15(7-9-16)21-13(2)24/h3-9,14H,10-11H2,1-2H3,(H,21,24)(H,20,22,26). The van der Waals surface area contributed by atoms with Crippen LogP contribution in [-0.4, -0.2) is 29.3 Å². The molecule has 134 valence electrons. The Morgan fingerprint density at radius 1 is 1.12 bits per heavy atom. The zero-order chi connectivity index (χ0) is 18.7. The lowest BCUT2D eigenvalue weighted by Crippen LogP contribution is -2.28. The Kier molecular flexibility index (Phi) is 4.97. The topological polar surface area (TPSA) is 91.4 Å². The second kappa shape index (κ2) is 7.35. The van der Waals surface area contributed by atoms with E-state index in [2.05, 4.69) is 15.6 Å². The molecule has 2 N–H and O–H groups in total. The third-order valence-electron chi connectivity index (χ3n) is 4.13. The van der Waals surface area contributed by atoms with Gasteiger partial charge < -0.3 is 15.5 Å². The molecule has 0 bridgehead atoms. The quantitative estimate of drug-likeness (QED) is 0.883. The highest BCUT2D eigenvalue weighted by molar-refractivity contribution is 6.03. The van der Waals surface area contributed by atoms with Crippen LogP contribution in [0.5, 0.6) is 0 Å². The number of nitrogens with one attached hydrogen (secondary N) is 2. The van der Waals surface area contributed by atoms with Crippen LogP contribution in [0.3, 0.4) is 0 Å². The molecule has 26 heavy (non-hydrogen) atoms. The van der Waals surface area contributed by atoms with E-state index < -0.39 is 5.92 Å². The molecule has 0 aliphatic carbocycles. The second-order valence-corrected chi connectivity index (χ2v) is 6.29. The Labute approximate surface area is 151 Å². The number of benzene rings is 1. The van der Waals surface area contributed by atoms with Gasteiger partial charge in [0.2, 0.25) is 17.7 Å². The molecule has 2 heterocycles. The van der Waals surface area contributed by atoms with Gasteiger partial charge >= 0.3 is 0 Å². The molecule has 3 rings (SSSR count). The van der Waals surface area contributed by atoms with Gasteiger partial charge in [-0.05, 0) is 43.3 Å². The van der Waals surface area contributed by atoms with Crippen molar-refractivity contribution in [1.82, 2.24) is 4.98 Å². The summed E-state index contributed by atoms with van der Waals surface area (Å²) in [7, 11) is 0. The number of aromatic nitrogens is 1. The maximum absolute atomic E-state index is 12.4. The SMILES string of the molecule is CC(=O)Nc1ccc(N2CC(C(=O)Nc3cccc(C)n3)CC2=O)cc1. The van der Waals surface area contributed by atoms with Crippen molar-refractivity contribution in [3.05, 3.63) is 48.2 Å². The van der Waals surface area contributed by atoms with Gasteiger partial charge in [-0.15, -0.1) is 0 Å². The molecule has 1 aliphatic rings. The van der Waals surface area contributed by atoms with E-state index in [0.29, 0.717) is 23.7 Å². The van der Waals surface area contributed by atoms with Crippen molar-refractivity contribution in [1.29, 1.82) is 0 Å². The van der Waals surface area contributed by atoms with E-state index in [-0.39, 0.29) is 24.1 Å². The summed E-state index contributed by atoms with van der Waals surface area (Å²) < 4.78 is 0. The average molecular weight is 352 g/mol. The molecular weight excluding hydrogens is 332 g/mol. The van der Waals surface area contributed by atoms with Crippen molar-refractivity contribution in [3.8, 4) is 0 Å². The van der Waals surface area contributed by atoms with Crippen LogP contribution in [0.25, 0.3) is 0 Å². The maximum atomic E-state index is 12.4. The monoisotopic (exact) mass is 352 g/mol. The molecule has 1 unspecified atom stereocenters. The number of nitrogens with zero attached hydrogens (tertiary/aromatic N) is 2. The lowest BCUT2D eigenvalue weighted by molar-refractivity contribution is -0.122. The molecule has 7 heteroatoms. The Balaban J connectivity index is 1.66. The van der Waals surface area contributed by atoms with Crippen molar-refractivity contribution in [2.45, 2.75) is 20.3 Å². The molecule has 1 saturated heterocycles. The van der Waals surface area contributed by atoms with E-state index in [9.17, 15) is 14.4 Å². The number of anilines is 3. The molecule has 1 aliphatic heterocycles. The summed E-state index contributed by atoms with van der Waals surface area (Å²) in [5.41, 5.74) is 2.17. The summed E-state index contributed by atoms with van der Waals surface area (Å²) in [6.45, 7) is 3.60. The van der Waals surface area contributed by atoms with E-state index >= 15 is 0 Å². The van der Waals surface area contributed by atoms with Crippen molar-refractivity contribution in [3.63, 3.8) is 0 Å². The van der Waals surface area contributed by atoms with Gasteiger partial charge in [-0.1, -0.05) is 6.07 Å². The summed E-state index contributed by atoms with van der Waals surface area (Å²) in [6, 6.07) is 12.4. The summed E-state index contributed by atoms with van der Waals surface area (Å²) in [4.78, 5) is 41.7. The molecule has 2 aromatic rings. The van der Waals surface area contributed by atoms with Crippen LogP contribution in [0.4, 0.5) is 17.2 Å². The number of carbonyl (C=O) groups is 3. The second-order valence-electron chi connectivity index (χ2n) is 6.29. The summed E-state index contributed by atoms with van der Waals surface area (Å²) >= 11 is 0. The van der Waals surface area contributed by atoms with Crippen molar-refractivity contribution >= 4 is 34.9 Å². The van der Waals surface area contributed by atoms with Crippen LogP contribution in [0, 0.1) is 12.8 Å². The smallest absolute Gasteiger partial charge is 0.230 e. The molecule has 3 amide bonds. The number of rotatable bonds is 4. The van der Waals surface area contributed by atoms with Gasteiger partial charge in [0.25, 0.3) is 0 Å². The van der Waals surface area contributed by atoms with Crippen LogP contribution < -0.4 is 15.5 Å². The van der Waals surface area contributed by atoms with Gasteiger partial charge in [0.15, 0.2) is 0 Å². The minimum atomic E-state index is -0.431. The van der Waals surface area contributed by atoms with Crippen LogP contribution in [0.2, 0.25) is 0 Å². The molecular formula is C19H20N4O3. The minimum absolute atomic E-state index is 0.102. The molecule has 1 fully saturated rings. The van der Waals surface area contributed by atoms with E-state index in [1.165, 1.54) is 6.92 Å². The molecule has 0 radical (unpaired) electrons. The highest BCUT2D eigenvalue weighted by Gasteiger charge is 2.35. The lowest BCUT2D eigenvalue weighted by Gasteiger charge is -2.17. The first kappa shape index (κ1) is 17.6. The van der Waals surface area contributed by atoms with E-state index in [1.54, 1.807) is 35.2 Å². The predicted molar refractivity (Wildman–Crippen MR) is 98.8 cm³/mol. The fourth-order valence-electron chi connectivity index (χ4n) is 2.90. The minimum Gasteiger partial charge on any atom is -0.326 e. The third kappa shape index (κ3) is 4.05. The summed E-state index contributed by atoms with van der Waals surface area (Å²) in [5, 5.41) is 5.45. The number of carbonyl (C=O) groups excluding carboxylic acids is 3. The zero-order valence-corrected chi connectivity index (χ0v) is 14.7. The Bertz CT molecular complexity index is 848. The molecule has 0 saturated carbocycles. The van der Waals surface area contributed by atoms with Crippen LogP contribution >= 0.6 is 0 Å². The highest BCUT2D eigenvalue weighted by Crippen LogP contribution is 2.27. The Hall–Kier alpha value is -3.22. The fourth-order valence-corrected chi connectivity index (χ4v) is 2.90. The highest BCUT2D eigenvalue weighted by atomic mass is 16.2. The van der Waals surface area contributed by atoms with Gasteiger partial charge in [-0.25, -0.2) is 4.98 Å². The molecule has 7 nitrogen and oxygen atoms in total. The van der Waals surface area contributed by atoms with Crippen LogP contribution in [-0.2, 0) is 14.4 Å². The molecule has 1 aromatic carbocycles. The fraction of sp³-hybridized carbons (Fsp3) is 0.263. The number of amides is 3. The molecule has 1 aromatic heterocycles. The third-order valence-corrected chi connectivity index (χ3v) is 4.13. The first-order valence-electron chi connectivity index (χ1n) is 8.35. The van der Waals surface area contributed by atoms with Gasteiger partial charge in [0, 0.05) is 37.0 Å². The lowest BCUT2D eigenvalue weighted by atomic mass is 10.1. The number of hydrogen-bond acceptors (Lipinski definition) is 4. The normalized spacial score (nSPS) is 16.5. The van der Waals surface area contributed by atoms with E-state index in [1.807, 2.05) is 19.1 Å². The van der Waals surface area contributed by atoms with E-state index in [4.69, 9.17) is 0 Å². The zero-order valence-electron chi connectivity index (χ0n) is 14.7. The van der Waals surface area contributed by atoms with E-state index in [0.717, 1.165) is 5.69 Å². The first-order chi connectivity index (χ1) is 12.4. The summed E-state index contributed by atoms with van der Waals surface area (Å²) in [6.07, 6.45) is 0.158. The van der Waals surface area contributed by atoms with Gasteiger partial charge in [-0.2, -0.15) is 0 Å². The number of pyridine rings is 1. The number of aryl methyl sites for hydroxylation is 1. The first-order valence-corrected chi connectivity index (χ1v) is 8.35. The van der Waals surface area contributed by atoms with Gasteiger partial charge in [-0.3, -0.25) is 14.4 Å². The average Bonchev–Trinajstić information content (AvgIpc) is 2.97. The Morgan fingerprint density at radius 2 is 1.85 bits per heavy atom. The predicted octanol–water partition coefficient (Wildman–Crippen LogP) is 2.34. The van der Waals surface area contributed by atoms with Crippen molar-refractivity contribution in [2.75, 3.05) is 22.1 Å². The number of hydrogen-bond donors (Lipinski definition) is 2. The Morgan fingerprint density at radius 3 is 2.50 bits per heavy atom. The summed E-state index contributed by atoms with van der Waals surface area (Å²) in [5.74, 6) is -0.416. The van der Waals surface area contributed by atoms with Gasteiger partial charge in [0.1, 0.15) is 5.82 Å². The van der Waals surface area contributed by atoms with Gasteiger partial charge in [0.05, 0.1) is 5.92 Å². The molecule has 1 atom stereocenters.